The number of aromatic nitrogens is 2. The highest BCUT2D eigenvalue weighted by atomic mass is 16.3. The van der Waals surface area contributed by atoms with Crippen molar-refractivity contribution in [1.82, 2.24) is 15.0 Å². The van der Waals surface area contributed by atoms with Gasteiger partial charge in [0.05, 0.1) is 23.4 Å². The number of hydrazone groups is 1. The van der Waals surface area contributed by atoms with Gasteiger partial charge in [-0.1, -0.05) is 24.3 Å². The fraction of sp³-hybridized carbons (Fsp3) is 0.143. The van der Waals surface area contributed by atoms with Crippen molar-refractivity contribution in [2.24, 2.45) is 5.10 Å². The zero-order valence-corrected chi connectivity index (χ0v) is 15.4. The maximum absolute atomic E-state index is 12.5. The van der Waals surface area contributed by atoms with Crippen molar-refractivity contribution in [2.45, 2.75) is 19.9 Å². The summed E-state index contributed by atoms with van der Waals surface area (Å²) in [4.78, 5) is 28.8. The van der Waals surface area contributed by atoms with Gasteiger partial charge in [-0.3, -0.25) is 14.2 Å². The molecule has 2 aromatic carbocycles. The molecule has 7 nitrogen and oxygen atoms in total. The first-order valence-electron chi connectivity index (χ1n) is 8.69. The topological polar surface area (TPSA) is 96.6 Å². The van der Waals surface area contributed by atoms with E-state index in [-0.39, 0.29) is 17.9 Å². The molecule has 7 heteroatoms. The Bertz CT molecular complexity index is 1130. The van der Waals surface area contributed by atoms with Gasteiger partial charge in [-0.15, -0.1) is 6.58 Å². The summed E-state index contributed by atoms with van der Waals surface area (Å²) >= 11 is 0. The first-order chi connectivity index (χ1) is 13.5. The van der Waals surface area contributed by atoms with Gasteiger partial charge in [0.25, 0.3) is 11.5 Å². The van der Waals surface area contributed by atoms with Crippen LogP contribution >= 0.6 is 0 Å². The summed E-state index contributed by atoms with van der Waals surface area (Å²) in [6.07, 6.45) is 4.91. The monoisotopic (exact) mass is 376 g/mol. The number of phenolic OH excluding ortho intramolecular Hbond substituents is 1. The molecule has 0 saturated heterocycles. The minimum Gasteiger partial charge on any atom is -0.507 e. The number of nitrogens with zero attached hydrogens (tertiary/aromatic N) is 3. The van der Waals surface area contributed by atoms with Gasteiger partial charge in [0.2, 0.25) is 0 Å². The van der Waals surface area contributed by atoms with Crippen molar-refractivity contribution in [3.63, 3.8) is 0 Å². The largest absolute Gasteiger partial charge is 0.507 e. The molecule has 3 rings (SSSR count). The van der Waals surface area contributed by atoms with Crippen molar-refractivity contribution in [3.05, 3.63) is 82.4 Å². The van der Waals surface area contributed by atoms with E-state index in [1.165, 1.54) is 17.1 Å². The van der Waals surface area contributed by atoms with E-state index < -0.39 is 5.91 Å². The van der Waals surface area contributed by atoms with E-state index in [9.17, 15) is 14.7 Å². The molecule has 3 aromatic rings. The van der Waals surface area contributed by atoms with E-state index in [1.807, 2.05) is 19.1 Å². The molecule has 0 aliphatic carbocycles. The molecule has 0 aliphatic heterocycles. The molecule has 1 aromatic heterocycles. The van der Waals surface area contributed by atoms with E-state index in [0.29, 0.717) is 28.5 Å². The molecule has 0 radical (unpaired) electrons. The summed E-state index contributed by atoms with van der Waals surface area (Å²) in [5.41, 5.74) is 4.85. The smallest absolute Gasteiger partial charge is 0.261 e. The zero-order valence-electron chi connectivity index (χ0n) is 15.4. The van der Waals surface area contributed by atoms with E-state index in [2.05, 4.69) is 22.1 Å². The molecule has 142 valence electrons. The highest BCUT2D eigenvalue weighted by Crippen LogP contribution is 2.21. The number of aryl methyl sites for hydroxylation is 1. The number of hydrogen-bond donors (Lipinski definition) is 2. The predicted octanol–water partition coefficient (Wildman–Crippen LogP) is 2.29. The highest BCUT2D eigenvalue weighted by molar-refractivity contribution is 5.85. The Morgan fingerprint density at radius 2 is 2.18 bits per heavy atom. The highest BCUT2D eigenvalue weighted by Gasteiger charge is 2.08. The van der Waals surface area contributed by atoms with E-state index in [0.717, 1.165) is 5.56 Å². The average molecular weight is 376 g/mol. The second kappa shape index (κ2) is 8.30. The summed E-state index contributed by atoms with van der Waals surface area (Å²) in [6, 6.07) is 10.6. The number of carbonyl (C=O) groups excluding carboxylic acids is 1. The number of hydrogen-bond acceptors (Lipinski definition) is 5. The maximum atomic E-state index is 12.5. The number of aromatic hydroxyl groups is 1. The standard InChI is InChI=1S/C21H20N4O3/c1-3-5-15-6-4-7-16(20(15)27)11-23-24-19(26)12-25-13-22-18-10-14(2)8-9-17(18)21(25)28/h3-4,6-11,13,27H,1,5,12H2,2H3,(H,24,26)/b23-11+. The summed E-state index contributed by atoms with van der Waals surface area (Å²) in [7, 11) is 0. The number of amides is 1. The van der Waals surface area contributed by atoms with Crippen LogP contribution in [-0.2, 0) is 17.8 Å². The Balaban J connectivity index is 1.70. The third-order valence-electron chi connectivity index (χ3n) is 4.20. The molecular weight excluding hydrogens is 356 g/mol. The lowest BCUT2D eigenvalue weighted by Crippen LogP contribution is -2.30. The van der Waals surface area contributed by atoms with Gasteiger partial charge in [-0.05, 0) is 42.7 Å². The predicted molar refractivity (Wildman–Crippen MR) is 108 cm³/mol. The van der Waals surface area contributed by atoms with Crippen molar-refractivity contribution in [1.29, 1.82) is 0 Å². The van der Waals surface area contributed by atoms with Gasteiger partial charge in [0.1, 0.15) is 12.3 Å². The van der Waals surface area contributed by atoms with Gasteiger partial charge >= 0.3 is 0 Å². The van der Waals surface area contributed by atoms with Crippen LogP contribution in [0.5, 0.6) is 5.75 Å². The van der Waals surface area contributed by atoms with Gasteiger partial charge in [0.15, 0.2) is 0 Å². The van der Waals surface area contributed by atoms with Crippen molar-refractivity contribution < 1.29 is 9.90 Å². The fourth-order valence-corrected chi connectivity index (χ4v) is 2.78. The molecule has 1 amide bonds. The van der Waals surface area contributed by atoms with Crippen LogP contribution < -0.4 is 11.0 Å². The summed E-state index contributed by atoms with van der Waals surface area (Å²) < 4.78 is 1.23. The first kappa shape index (κ1) is 19.0. The molecule has 28 heavy (non-hydrogen) atoms. The van der Waals surface area contributed by atoms with Crippen LogP contribution in [0.3, 0.4) is 0 Å². The van der Waals surface area contributed by atoms with Crippen LogP contribution in [0.4, 0.5) is 0 Å². The first-order valence-corrected chi connectivity index (χ1v) is 8.69. The zero-order chi connectivity index (χ0) is 20.1. The lowest BCUT2D eigenvalue weighted by Gasteiger charge is -2.06. The van der Waals surface area contributed by atoms with Crippen LogP contribution in [0.2, 0.25) is 0 Å². The van der Waals surface area contributed by atoms with Crippen LogP contribution in [-0.4, -0.2) is 26.8 Å². The van der Waals surface area contributed by atoms with Gasteiger partial charge < -0.3 is 5.11 Å². The number of fused-ring (bicyclic) bond motifs is 1. The number of allylic oxidation sites excluding steroid dienone is 1. The van der Waals surface area contributed by atoms with Gasteiger partial charge in [-0.25, -0.2) is 10.4 Å². The number of para-hydroxylation sites is 1. The Hall–Kier alpha value is -3.74. The quantitative estimate of drug-likeness (QED) is 0.392. The van der Waals surface area contributed by atoms with Gasteiger partial charge in [-0.2, -0.15) is 5.10 Å². The number of nitrogens with one attached hydrogen (secondary N) is 1. The minimum absolute atomic E-state index is 0.0886. The maximum Gasteiger partial charge on any atom is 0.261 e. The molecule has 0 spiro atoms. The Labute approximate surface area is 161 Å². The second-order valence-corrected chi connectivity index (χ2v) is 6.34. The summed E-state index contributed by atoms with van der Waals surface area (Å²) in [5, 5.41) is 14.5. The summed E-state index contributed by atoms with van der Waals surface area (Å²) in [5.74, 6) is -0.390. The van der Waals surface area contributed by atoms with Crippen LogP contribution in [0.1, 0.15) is 16.7 Å². The van der Waals surface area contributed by atoms with E-state index >= 15 is 0 Å². The molecule has 0 bridgehead atoms. The second-order valence-electron chi connectivity index (χ2n) is 6.34. The minimum atomic E-state index is -0.478. The number of rotatable bonds is 6. The molecule has 1 heterocycles. The molecule has 2 N–H and O–H groups in total. The van der Waals surface area contributed by atoms with Crippen molar-refractivity contribution >= 4 is 23.0 Å². The normalized spacial score (nSPS) is 11.0. The van der Waals surface area contributed by atoms with Crippen molar-refractivity contribution in [3.8, 4) is 5.75 Å². The lowest BCUT2D eigenvalue weighted by atomic mass is 10.1. The third-order valence-corrected chi connectivity index (χ3v) is 4.20. The Morgan fingerprint density at radius 3 is 2.96 bits per heavy atom. The lowest BCUT2D eigenvalue weighted by molar-refractivity contribution is -0.121. The molecule has 0 saturated carbocycles. The Kier molecular flexibility index (Phi) is 5.64. The molecule has 0 fully saturated rings. The van der Waals surface area contributed by atoms with Crippen LogP contribution in [0.25, 0.3) is 10.9 Å². The van der Waals surface area contributed by atoms with E-state index in [1.54, 1.807) is 30.3 Å². The SMILES string of the molecule is C=CCc1cccc(/C=N/NC(=O)Cn2cnc3cc(C)ccc3c2=O)c1O. The molecular formula is C21H20N4O3. The van der Waals surface area contributed by atoms with Crippen LogP contribution in [0.15, 0.2) is 65.3 Å². The summed E-state index contributed by atoms with van der Waals surface area (Å²) in [6.45, 7) is 5.35. The molecule has 0 aliphatic rings. The fourth-order valence-electron chi connectivity index (χ4n) is 2.78. The van der Waals surface area contributed by atoms with Crippen molar-refractivity contribution in [2.75, 3.05) is 0 Å². The molecule has 0 unspecified atom stereocenters. The number of carbonyl (C=O) groups is 1. The van der Waals surface area contributed by atoms with Crippen LogP contribution in [0, 0.1) is 6.92 Å². The van der Waals surface area contributed by atoms with Gasteiger partial charge in [0, 0.05) is 5.56 Å². The van der Waals surface area contributed by atoms with E-state index in [4.69, 9.17) is 0 Å². The third kappa shape index (κ3) is 4.15. The molecule has 0 atom stereocenters. The average Bonchev–Trinajstić information content (AvgIpc) is 2.67. The number of phenols is 1. The Morgan fingerprint density at radius 1 is 1.36 bits per heavy atom. The number of benzene rings is 2.